The van der Waals surface area contributed by atoms with Crippen LogP contribution in [0.25, 0.3) is 0 Å². The zero-order valence-corrected chi connectivity index (χ0v) is 10.6. The van der Waals surface area contributed by atoms with Crippen LogP contribution in [0.15, 0.2) is 24.3 Å². The Labute approximate surface area is 107 Å². The second-order valence-corrected chi connectivity index (χ2v) is 4.00. The van der Waals surface area contributed by atoms with Crippen LogP contribution >= 0.6 is 0 Å². The molecule has 4 heteroatoms. The van der Waals surface area contributed by atoms with E-state index in [-0.39, 0.29) is 0 Å². The van der Waals surface area contributed by atoms with Crippen LogP contribution in [0.3, 0.4) is 0 Å². The molecule has 0 aliphatic heterocycles. The van der Waals surface area contributed by atoms with E-state index < -0.39 is 11.9 Å². The smallest absolute Gasteiger partial charge is 0.308 e. The monoisotopic (exact) mass is 247 g/mol. The number of rotatable bonds is 6. The van der Waals surface area contributed by atoms with Crippen LogP contribution in [0.2, 0.25) is 0 Å². The Morgan fingerprint density at radius 1 is 1.56 bits per heavy atom. The van der Waals surface area contributed by atoms with Crippen molar-refractivity contribution in [3.05, 3.63) is 24.3 Å². The number of ether oxygens (including phenoxy) is 1. The van der Waals surface area contributed by atoms with Crippen LogP contribution in [-0.2, 0) is 4.79 Å². The van der Waals surface area contributed by atoms with E-state index in [2.05, 4.69) is 5.92 Å². The van der Waals surface area contributed by atoms with E-state index in [1.165, 1.54) is 0 Å². The molecule has 18 heavy (non-hydrogen) atoms. The van der Waals surface area contributed by atoms with Crippen molar-refractivity contribution in [1.29, 1.82) is 0 Å². The number of terminal acetylenes is 1. The molecule has 0 aliphatic rings. The number of benzene rings is 1. The summed E-state index contributed by atoms with van der Waals surface area (Å²) in [7, 11) is 1.58. The molecule has 0 bridgehead atoms. The normalized spacial score (nSPS) is 11.4. The highest BCUT2D eigenvalue weighted by molar-refractivity contribution is 5.71. The van der Waals surface area contributed by atoms with E-state index in [1.54, 1.807) is 14.0 Å². The molecule has 1 aromatic rings. The molecular formula is C14H17NO3. The van der Waals surface area contributed by atoms with Crippen molar-refractivity contribution < 1.29 is 14.6 Å². The predicted molar refractivity (Wildman–Crippen MR) is 70.8 cm³/mol. The number of carbonyl (C=O) groups is 1. The van der Waals surface area contributed by atoms with Gasteiger partial charge in [-0.15, -0.1) is 6.42 Å². The molecule has 0 saturated carbocycles. The zero-order chi connectivity index (χ0) is 13.5. The Morgan fingerprint density at radius 3 is 2.78 bits per heavy atom. The molecule has 96 valence electrons. The lowest BCUT2D eigenvalue weighted by atomic mass is 10.1. The molecule has 0 spiro atoms. The molecule has 1 unspecified atom stereocenters. The number of hydrogen-bond donors (Lipinski definition) is 1. The maximum absolute atomic E-state index is 10.9. The third-order valence-electron chi connectivity index (χ3n) is 2.62. The van der Waals surface area contributed by atoms with Gasteiger partial charge in [-0.05, 0) is 12.1 Å². The van der Waals surface area contributed by atoms with E-state index in [9.17, 15) is 4.79 Å². The summed E-state index contributed by atoms with van der Waals surface area (Å²) in [5.74, 6) is 1.89. The van der Waals surface area contributed by atoms with Crippen LogP contribution < -0.4 is 9.64 Å². The van der Waals surface area contributed by atoms with Crippen LogP contribution in [0.5, 0.6) is 5.75 Å². The molecule has 0 fully saturated rings. The van der Waals surface area contributed by atoms with Gasteiger partial charge in [-0.25, -0.2) is 0 Å². The third kappa shape index (κ3) is 3.42. The summed E-state index contributed by atoms with van der Waals surface area (Å²) in [5.41, 5.74) is 0.811. The fourth-order valence-corrected chi connectivity index (χ4v) is 1.66. The highest BCUT2D eigenvalue weighted by Crippen LogP contribution is 2.27. The standard InChI is InChI=1S/C14H17NO3/c1-4-9-15(10-11(2)14(16)17)12-7-5-6-8-13(12)18-3/h1,5-8,11H,9-10H2,2-3H3,(H,16,17). The summed E-state index contributed by atoms with van der Waals surface area (Å²) in [6, 6.07) is 7.42. The van der Waals surface area contributed by atoms with Gasteiger partial charge in [0, 0.05) is 6.54 Å². The lowest BCUT2D eigenvalue weighted by molar-refractivity contribution is -0.140. The molecule has 1 atom stereocenters. The van der Waals surface area contributed by atoms with Crippen molar-refractivity contribution >= 4 is 11.7 Å². The van der Waals surface area contributed by atoms with Crippen LogP contribution in [0, 0.1) is 18.3 Å². The summed E-state index contributed by atoms with van der Waals surface area (Å²) in [6.45, 7) is 2.35. The van der Waals surface area contributed by atoms with Crippen LogP contribution in [0.1, 0.15) is 6.92 Å². The van der Waals surface area contributed by atoms with Gasteiger partial charge in [0.15, 0.2) is 0 Å². The first-order valence-electron chi connectivity index (χ1n) is 5.64. The Bertz CT molecular complexity index is 451. The van der Waals surface area contributed by atoms with Crippen LogP contribution in [0.4, 0.5) is 5.69 Å². The van der Waals surface area contributed by atoms with Crippen LogP contribution in [-0.4, -0.2) is 31.3 Å². The average molecular weight is 247 g/mol. The molecule has 1 rings (SSSR count). The first kappa shape index (κ1) is 13.9. The molecule has 1 N–H and O–H groups in total. The summed E-state index contributed by atoms with van der Waals surface area (Å²) in [4.78, 5) is 12.7. The lowest BCUT2D eigenvalue weighted by Crippen LogP contribution is -2.32. The van der Waals surface area contributed by atoms with Crippen molar-refractivity contribution in [3.63, 3.8) is 0 Å². The molecule has 0 aliphatic carbocycles. The van der Waals surface area contributed by atoms with Gasteiger partial charge in [0.25, 0.3) is 0 Å². The topological polar surface area (TPSA) is 49.8 Å². The van der Waals surface area contributed by atoms with Crippen molar-refractivity contribution in [3.8, 4) is 18.1 Å². The first-order valence-corrected chi connectivity index (χ1v) is 5.64. The van der Waals surface area contributed by atoms with Crippen molar-refractivity contribution in [2.24, 2.45) is 5.92 Å². The second-order valence-electron chi connectivity index (χ2n) is 4.00. The van der Waals surface area contributed by atoms with E-state index >= 15 is 0 Å². The summed E-state index contributed by atoms with van der Waals surface area (Å²) in [5, 5.41) is 8.96. The summed E-state index contributed by atoms with van der Waals surface area (Å²) >= 11 is 0. The fraction of sp³-hybridized carbons (Fsp3) is 0.357. The van der Waals surface area contributed by atoms with E-state index in [0.29, 0.717) is 18.8 Å². The summed E-state index contributed by atoms with van der Waals surface area (Å²) in [6.07, 6.45) is 5.33. The SMILES string of the molecule is C#CCN(CC(C)C(=O)O)c1ccccc1OC. The van der Waals surface area contributed by atoms with E-state index in [0.717, 1.165) is 5.69 Å². The van der Waals surface area contributed by atoms with Crippen molar-refractivity contribution in [1.82, 2.24) is 0 Å². The Hall–Kier alpha value is -2.15. The number of carboxylic acids is 1. The quantitative estimate of drug-likeness (QED) is 0.779. The number of para-hydroxylation sites is 2. The number of nitrogens with zero attached hydrogens (tertiary/aromatic N) is 1. The van der Waals surface area contributed by atoms with Crippen molar-refractivity contribution in [2.45, 2.75) is 6.92 Å². The third-order valence-corrected chi connectivity index (χ3v) is 2.62. The number of methoxy groups -OCH3 is 1. The van der Waals surface area contributed by atoms with Gasteiger partial charge < -0.3 is 14.7 Å². The Balaban J connectivity index is 2.97. The van der Waals surface area contributed by atoms with Crippen molar-refractivity contribution in [2.75, 3.05) is 25.1 Å². The Kier molecular flexibility index (Phi) is 5.06. The fourth-order valence-electron chi connectivity index (χ4n) is 1.66. The number of anilines is 1. The number of aliphatic carboxylic acids is 1. The van der Waals surface area contributed by atoms with Gasteiger partial charge in [-0.1, -0.05) is 25.0 Å². The van der Waals surface area contributed by atoms with Gasteiger partial charge in [0.2, 0.25) is 0 Å². The molecule has 4 nitrogen and oxygen atoms in total. The lowest BCUT2D eigenvalue weighted by Gasteiger charge is -2.26. The minimum absolute atomic E-state index is 0.345. The predicted octanol–water partition coefficient (Wildman–Crippen LogP) is 1.86. The largest absolute Gasteiger partial charge is 0.495 e. The molecule has 0 saturated heterocycles. The summed E-state index contributed by atoms with van der Waals surface area (Å²) < 4.78 is 5.26. The van der Waals surface area contributed by atoms with E-state index in [1.807, 2.05) is 29.2 Å². The number of carboxylic acid groups (broad SMARTS) is 1. The van der Waals surface area contributed by atoms with Gasteiger partial charge >= 0.3 is 5.97 Å². The zero-order valence-electron chi connectivity index (χ0n) is 10.6. The number of hydrogen-bond acceptors (Lipinski definition) is 3. The molecule has 0 aromatic heterocycles. The molecular weight excluding hydrogens is 230 g/mol. The Morgan fingerprint density at radius 2 is 2.22 bits per heavy atom. The second kappa shape index (κ2) is 6.55. The highest BCUT2D eigenvalue weighted by Gasteiger charge is 2.18. The van der Waals surface area contributed by atoms with Gasteiger partial charge in [0.05, 0.1) is 25.3 Å². The van der Waals surface area contributed by atoms with E-state index in [4.69, 9.17) is 16.3 Å². The van der Waals surface area contributed by atoms with Gasteiger partial charge in [-0.2, -0.15) is 0 Å². The first-order chi connectivity index (χ1) is 8.60. The molecule has 0 amide bonds. The molecule has 1 aromatic carbocycles. The maximum Gasteiger partial charge on any atom is 0.308 e. The average Bonchev–Trinajstić information content (AvgIpc) is 2.38. The highest BCUT2D eigenvalue weighted by atomic mass is 16.5. The maximum atomic E-state index is 10.9. The van der Waals surface area contributed by atoms with Gasteiger partial charge in [0.1, 0.15) is 5.75 Å². The minimum atomic E-state index is -0.841. The molecule has 0 heterocycles. The minimum Gasteiger partial charge on any atom is -0.495 e. The van der Waals surface area contributed by atoms with Gasteiger partial charge in [-0.3, -0.25) is 4.79 Å². The molecule has 0 radical (unpaired) electrons.